The Labute approximate surface area is 384 Å². The Bertz CT molecular complexity index is 2670. The van der Waals surface area contributed by atoms with Crippen LogP contribution in [0, 0.1) is 11.6 Å². The minimum Gasteiger partial charge on any atom is -0.492 e. The number of benzene rings is 5. The van der Waals surface area contributed by atoms with Crippen molar-refractivity contribution in [1.29, 1.82) is 0 Å². The van der Waals surface area contributed by atoms with Crippen molar-refractivity contribution in [2.24, 2.45) is 0 Å². The first-order valence-corrected chi connectivity index (χ1v) is 21.6. The first-order chi connectivity index (χ1) is 30.4. The van der Waals surface area contributed by atoms with Gasteiger partial charge in [0.1, 0.15) is 28.8 Å². The van der Waals surface area contributed by atoms with Crippen LogP contribution in [0.1, 0.15) is 45.1 Å². The second kappa shape index (κ2) is 20.8. The van der Waals surface area contributed by atoms with Crippen molar-refractivity contribution >= 4 is 64.2 Å². The van der Waals surface area contributed by atoms with Gasteiger partial charge in [-0.3, -0.25) is 4.90 Å². The molecule has 2 aliphatic rings. The van der Waals surface area contributed by atoms with Crippen molar-refractivity contribution in [2.75, 3.05) is 55.1 Å². The predicted octanol–water partition coefficient (Wildman–Crippen LogP) is 10.1. The fourth-order valence-electron chi connectivity index (χ4n) is 8.85. The summed E-state index contributed by atoms with van der Waals surface area (Å²) in [6.07, 6.45) is 3.06. The third kappa shape index (κ3) is 9.49. The second-order valence-electron chi connectivity index (χ2n) is 15.8. The van der Waals surface area contributed by atoms with E-state index >= 15 is 8.78 Å². The highest BCUT2D eigenvalue weighted by Gasteiger charge is 2.38. The molecule has 0 spiro atoms. The van der Waals surface area contributed by atoms with E-state index in [9.17, 15) is 0 Å². The van der Waals surface area contributed by atoms with Crippen LogP contribution >= 0.6 is 24.8 Å². The molecule has 0 saturated carbocycles. The molecular weight excluding hydrogens is 856 g/mol. The van der Waals surface area contributed by atoms with Crippen LogP contribution in [0.3, 0.4) is 0 Å². The lowest BCUT2D eigenvalue weighted by atomic mass is 10.0. The molecule has 64 heavy (non-hydrogen) atoms. The van der Waals surface area contributed by atoms with Crippen molar-refractivity contribution in [1.82, 2.24) is 30.2 Å². The van der Waals surface area contributed by atoms with Crippen LogP contribution in [0.4, 0.5) is 26.4 Å². The minimum absolute atomic E-state index is 0. The molecule has 3 N–H and O–H groups in total. The van der Waals surface area contributed by atoms with Gasteiger partial charge >= 0.3 is 0 Å². The number of rotatable bonds is 13. The van der Waals surface area contributed by atoms with E-state index < -0.39 is 0 Å². The highest BCUT2D eigenvalue weighted by Crippen LogP contribution is 2.38. The summed E-state index contributed by atoms with van der Waals surface area (Å²) in [6, 6.07) is 32.8. The molecule has 2 fully saturated rings. The third-order valence-electron chi connectivity index (χ3n) is 11.8. The first kappa shape index (κ1) is 46.1. The number of nitrogen functional groups attached to an aromatic ring is 1. The number of hydrogen-bond acceptors (Lipinski definition) is 11. The topological polar surface area (TPSA) is 118 Å². The van der Waals surface area contributed by atoms with Gasteiger partial charge in [0.2, 0.25) is 11.9 Å². The molecule has 0 aliphatic carbocycles. The predicted molar refractivity (Wildman–Crippen MR) is 257 cm³/mol. The second-order valence-corrected chi connectivity index (χ2v) is 15.8. The Kier molecular flexibility index (Phi) is 15.0. The zero-order valence-corrected chi connectivity index (χ0v) is 37.6. The van der Waals surface area contributed by atoms with E-state index in [2.05, 4.69) is 20.2 Å². The molecule has 9 rings (SSSR count). The zero-order chi connectivity index (χ0) is 42.6. The Morgan fingerprint density at radius 1 is 0.625 bits per heavy atom. The smallest absolute Gasteiger partial charge is 0.246 e. The molecular formula is C49H53Cl2F2N9O2. The van der Waals surface area contributed by atoms with Crippen molar-refractivity contribution in [3.05, 3.63) is 126 Å². The van der Waals surface area contributed by atoms with Gasteiger partial charge in [-0.2, -0.15) is 0 Å². The zero-order valence-electron chi connectivity index (χ0n) is 35.9. The maximum Gasteiger partial charge on any atom is 0.246 e. The van der Waals surface area contributed by atoms with Crippen LogP contribution in [-0.2, 0) is 6.54 Å². The molecule has 334 valence electrons. The molecule has 2 aliphatic heterocycles. The normalized spacial score (nSPS) is 14.8. The Balaban J connectivity index is 0.00000306. The molecule has 5 aromatic carbocycles. The van der Waals surface area contributed by atoms with Crippen LogP contribution in [0.25, 0.3) is 44.3 Å². The van der Waals surface area contributed by atoms with Crippen molar-refractivity contribution in [2.45, 2.75) is 58.2 Å². The van der Waals surface area contributed by atoms with Crippen molar-refractivity contribution in [3.8, 4) is 34.0 Å². The van der Waals surface area contributed by atoms with Gasteiger partial charge in [-0.25, -0.2) is 38.7 Å². The average molecular weight is 909 g/mol. The maximum atomic E-state index is 15.8. The average Bonchev–Trinajstić information content (AvgIpc) is 3.30. The van der Waals surface area contributed by atoms with Gasteiger partial charge in [0.25, 0.3) is 0 Å². The number of likely N-dealkylation sites (tertiary alicyclic amines) is 1. The fourth-order valence-corrected chi connectivity index (χ4v) is 8.85. The van der Waals surface area contributed by atoms with Crippen LogP contribution in [-0.4, -0.2) is 76.3 Å². The summed E-state index contributed by atoms with van der Waals surface area (Å²) in [5.74, 6) is 1.36. The van der Waals surface area contributed by atoms with Gasteiger partial charge in [-0.05, 0) is 107 Å². The van der Waals surface area contributed by atoms with Gasteiger partial charge in [-0.1, -0.05) is 60.7 Å². The molecule has 2 saturated heterocycles. The molecule has 4 heterocycles. The summed E-state index contributed by atoms with van der Waals surface area (Å²) in [7, 11) is 0. The largest absolute Gasteiger partial charge is 0.492 e. The standard InChI is InChI=1S/C49H51F2N9O2.2ClH/c1-3-61-43-29-32(30-44(45(43)52)62-4-2)31-58-27-23-34(24-28-58)60(49-55-42-20-12-8-16-38(42)47(57-49)36-14-6-10-18-40(36)51)59(33-21-25-53-26-22-33)48-54-41-19-11-7-15-37(41)46(56-48)35-13-5-9-17-39(35)50;;/h5-20,29-30,33-34,53H,3-4,21-28,31,52H2,1-2H3;2*1H. The number of piperidine rings is 2. The summed E-state index contributed by atoms with van der Waals surface area (Å²) in [5.41, 5.74) is 11.2. The van der Waals surface area contributed by atoms with Crippen LogP contribution < -0.4 is 30.5 Å². The molecule has 0 atom stereocenters. The highest BCUT2D eigenvalue weighted by atomic mass is 35.5. The SMILES string of the molecule is CCOc1cc(CN2CCC(N(c3nc(-c4ccccc4F)c4ccccc4n3)N(c3nc(-c4ccccc4F)c4ccccc4n3)C3CCNCC3)CC2)cc(OCC)c1N.Cl.Cl. The summed E-state index contributed by atoms with van der Waals surface area (Å²) in [5, 5.41) is 9.38. The number of hydrazine groups is 1. The number of anilines is 3. The van der Waals surface area contributed by atoms with Crippen LogP contribution in [0.15, 0.2) is 109 Å². The number of nitrogens with one attached hydrogen (secondary N) is 1. The van der Waals surface area contributed by atoms with E-state index in [0.717, 1.165) is 68.2 Å². The molecule has 0 bridgehead atoms. The van der Waals surface area contributed by atoms with Gasteiger partial charge < -0.3 is 20.5 Å². The molecule has 0 radical (unpaired) electrons. The van der Waals surface area contributed by atoms with E-state index in [1.54, 1.807) is 24.3 Å². The lowest BCUT2D eigenvalue weighted by Gasteiger charge is -2.47. The molecule has 15 heteroatoms. The Morgan fingerprint density at radius 3 is 1.53 bits per heavy atom. The first-order valence-electron chi connectivity index (χ1n) is 21.6. The summed E-state index contributed by atoms with van der Waals surface area (Å²) in [6.45, 7) is 8.63. The molecule has 11 nitrogen and oxygen atoms in total. The molecule has 0 amide bonds. The van der Waals surface area contributed by atoms with Crippen molar-refractivity contribution < 1.29 is 18.3 Å². The summed E-state index contributed by atoms with van der Waals surface area (Å²) in [4.78, 5) is 23.6. The quantitative estimate of drug-likeness (QED) is 0.0851. The van der Waals surface area contributed by atoms with Crippen LogP contribution in [0.5, 0.6) is 11.5 Å². The molecule has 2 aromatic heterocycles. The lowest BCUT2D eigenvalue weighted by molar-refractivity contribution is 0.196. The summed E-state index contributed by atoms with van der Waals surface area (Å²) >= 11 is 0. The van der Waals surface area contributed by atoms with E-state index in [1.807, 2.05) is 86.6 Å². The maximum absolute atomic E-state index is 15.8. The third-order valence-corrected chi connectivity index (χ3v) is 11.8. The van der Waals surface area contributed by atoms with Gasteiger partial charge in [0, 0.05) is 41.5 Å². The van der Waals surface area contributed by atoms with E-state index in [4.69, 9.17) is 35.1 Å². The lowest BCUT2D eigenvalue weighted by Crippen LogP contribution is -2.59. The molecule has 0 unspecified atom stereocenters. The number of aromatic nitrogens is 4. The van der Waals surface area contributed by atoms with Crippen molar-refractivity contribution in [3.63, 3.8) is 0 Å². The van der Waals surface area contributed by atoms with E-state index in [0.29, 0.717) is 82.4 Å². The number of nitrogens with two attached hydrogens (primary N) is 1. The monoisotopic (exact) mass is 907 g/mol. The van der Waals surface area contributed by atoms with Gasteiger partial charge in [0.05, 0.1) is 47.7 Å². The van der Waals surface area contributed by atoms with E-state index in [1.165, 1.54) is 12.1 Å². The number of nitrogens with zero attached hydrogens (tertiary/aromatic N) is 7. The highest BCUT2D eigenvalue weighted by molar-refractivity contribution is 5.95. The Morgan fingerprint density at radius 2 is 1.06 bits per heavy atom. The number of para-hydroxylation sites is 2. The fraction of sp³-hybridized carbons (Fsp3) is 0.306. The summed E-state index contributed by atoms with van der Waals surface area (Å²) < 4.78 is 43.4. The van der Waals surface area contributed by atoms with Gasteiger partial charge in [0.15, 0.2) is 0 Å². The minimum atomic E-state index is -0.368. The molecule has 7 aromatic rings. The van der Waals surface area contributed by atoms with E-state index in [-0.39, 0.29) is 48.5 Å². The van der Waals surface area contributed by atoms with Gasteiger partial charge in [-0.15, -0.1) is 24.8 Å². The van der Waals surface area contributed by atoms with Crippen LogP contribution in [0.2, 0.25) is 0 Å². The Hall–Kier alpha value is -5.86. The number of fused-ring (bicyclic) bond motifs is 2. The number of hydrogen-bond donors (Lipinski definition) is 2. The number of halogens is 4. The number of ether oxygens (including phenoxy) is 2.